The van der Waals surface area contributed by atoms with Crippen LogP contribution in [0.25, 0.3) is 0 Å². The van der Waals surface area contributed by atoms with Crippen LogP contribution in [0, 0.1) is 5.92 Å². The first kappa shape index (κ1) is 19.2. The first-order valence-electron chi connectivity index (χ1n) is 9.99. The lowest BCUT2D eigenvalue weighted by atomic mass is 9.97. The van der Waals surface area contributed by atoms with E-state index in [-0.39, 0.29) is 17.7 Å². The molecule has 1 saturated heterocycles. The largest absolute Gasteiger partial charge is 0.355 e. The third-order valence-corrected chi connectivity index (χ3v) is 5.49. The van der Waals surface area contributed by atoms with Crippen molar-refractivity contribution in [2.75, 3.05) is 19.6 Å². The second-order valence-corrected chi connectivity index (χ2v) is 7.44. The van der Waals surface area contributed by atoms with Gasteiger partial charge in [0, 0.05) is 32.1 Å². The Bertz CT molecular complexity index is 388. The number of rotatable bonds is 4. The molecule has 2 aliphatic rings. The zero-order valence-electron chi connectivity index (χ0n) is 15.1. The first-order chi connectivity index (χ1) is 11.7. The summed E-state index contributed by atoms with van der Waals surface area (Å²) in [5.41, 5.74) is 5.44. The number of likely N-dealkylation sites (tertiary alicyclic amines) is 1. The van der Waals surface area contributed by atoms with Crippen molar-refractivity contribution in [1.29, 1.82) is 0 Å². The van der Waals surface area contributed by atoms with Crippen molar-refractivity contribution in [2.24, 2.45) is 11.7 Å². The molecule has 1 aliphatic carbocycles. The van der Waals surface area contributed by atoms with Gasteiger partial charge in [0.2, 0.25) is 11.8 Å². The summed E-state index contributed by atoms with van der Waals surface area (Å²) in [6.45, 7) is 1.53. The highest BCUT2D eigenvalue weighted by atomic mass is 16.2. The predicted molar refractivity (Wildman–Crippen MR) is 96.5 cm³/mol. The van der Waals surface area contributed by atoms with Gasteiger partial charge >= 0.3 is 0 Å². The summed E-state index contributed by atoms with van der Waals surface area (Å²) in [5, 5.41) is 2.83. The third-order valence-electron chi connectivity index (χ3n) is 5.49. The molecule has 3 N–H and O–H groups in total. The van der Waals surface area contributed by atoms with Crippen LogP contribution >= 0.6 is 0 Å². The van der Waals surface area contributed by atoms with E-state index in [2.05, 4.69) is 5.32 Å². The van der Waals surface area contributed by atoms with Crippen molar-refractivity contribution >= 4 is 11.8 Å². The molecule has 0 bridgehead atoms. The molecule has 1 unspecified atom stereocenters. The Morgan fingerprint density at radius 2 is 1.54 bits per heavy atom. The molecule has 138 valence electrons. The first-order valence-corrected chi connectivity index (χ1v) is 9.99. The van der Waals surface area contributed by atoms with Crippen LogP contribution < -0.4 is 11.1 Å². The Morgan fingerprint density at radius 3 is 2.08 bits per heavy atom. The molecule has 5 nitrogen and oxygen atoms in total. The molecule has 1 heterocycles. The number of nitrogens with zero attached hydrogens (tertiary/aromatic N) is 1. The van der Waals surface area contributed by atoms with Gasteiger partial charge in [0.25, 0.3) is 0 Å². The van der Waals surface area contributed by atoms with Crippen LogP contribution in [0.2, 0.25) is 0 Å². The Morgan fingerprint density at radius 1 is 1.00 bits per heavy atom. The van der Waals surface area contributed by atoms with Crippen molar-refractivity contribution in [1.82, 2.24) is 10.2 Å². The minimum Gasteiger partial charge on any atom is -0.355 e. The van der Waals surface area contributed by atoms with Crippen LogP contribution in [0.15, 0.2) is 0 Å². The minimum absolute atomic E-state index is 0.00976. The van der Waals surface area contributed by atoms with Gasteiger partial charge in [0.05, 0.1) is 5.92 Å². The van der Waals surface area contributed by atoms with Gasteiger partial charge in [-0.3, -0.25) is 9.59 Å². The minimum atomic E-state index is -0.189. The molecule has 1 aliphatic heterocycles. The van der Waals surface area contributed by atoms with Crippen molar-refractivity contribution in [2.45, 2.75) is 83.1 Å². The number of nitrogens with two attached hydrogens (primary N) is 1. The summed E-state index contributed by atoms with van der Waals surface area (Å²) in [7, 11) is 0. The zero-order chi connectivity index (χ0) is 17.2. The van der Waals surface area contributed by atoms with E-state index in [0.29, 0.717) is 32.1 Å². The molecular formula is C19H35N3O2. The molecule has 24 heavy (non-hydrogen) atoms. The lowest BCUT2D eigenvalue weighted by molar-refractivity contribution is -0.130. The van der Waals surface area contributed by atoms with Gasteiger partial charge in [-0.05, 0) is 12.8 Å². The molecule has 5 heteroatoms. The summed E-state index contributed by atoms with van der Waals surface area (Å²) in [6.07, 6.45) is 14.3. The summed E-state index contributed by atoms with van der Waals surface area (Å²) in [5.74, 6) is -0.0325. The fraction of sp³-hybridized carbons (Fsp3) is 0.895. The second-order valence-electron chi connectivity index (χ2n) is 7.44. The van der Waals surface area contributed by atoms with E-state index in [9.17, 15) is 9.59 Å². The van der Waals surface area contributed by atoms with Crippen LogP contribution in [-0.4, -0.2) is 42.4 Å². The molecule has 0 aromatic heterocycles. The highest BCUT2D eigenvalue weighted by Crippen LogP contribution is 2.27. The van der Waals surface area contributed by atoms with Crippen molar-refractivity contribution in [3.05, 3.63) is 0 Å². The summed E-state index contributed by atoms with van der Waals surface area (Å²) in [4.78, 5) is 26.6. The number of nitrogens with one attached hydrogen (secondary N) is 1. The maximum absolute atomic E-state index is 12.5. The average Bonchev–Trinajstić information content (AvgIpc) is 2.95. The van der Waals surface area contributed by atoms with Crippen molar-refractivity contribution < 1.29 is 9.59 Å². The van der Waals surface area contributed by atoms with Crippen LogP contribution in [0.4, 0.5) is 0 Å². The van der Waals surface area contributed by atoms with Crippen LogP contribution in [0.3, 0.4) is 0 Å². The van der Waals surface area contributed by atoms with Crippen LogP contribution in [0.1, 0.15) is 77.0 Å². The molecule has 2 amide bonds. The van der Waals surface area contributed by atoms with E-state index < -0.39 is 0 Å². The lowest BCUT2D eigenvalue weighted by Gasteiger charge is -2.29. The van der Waals surface area contributed by atoms with E-state index >= 15 is 0 Å². The molecule has 1 atom stereocenters. The third kappa shape index (κ3) is 6.08. The zero-order valence-corrected chi connectivity index (χ0v) is 15.1. The van der Waals surface area contributed by atoms with Gasteiger partial charge < -0.3 is 16.0 Å². The highest BCUT2D eigenvalue weighted by Gasteiger charge is 2.37. The van der Waals surface area contributed by atoms with Crippen molar-refractivity contribution in [3.8, 4) is 0 Å². The second kappa shape index (κ2) is 10.7. The summed E-state index contributed by atoms with van der Waals surface area (Å²) in [6, 6.07) is 0.337. The average molecular weight is 338 g/mol. The topological polar surface area (TPSA) is 75.4 Å². The molecule has 0 spiro atoms. The van der Waals surface area contributed by atoms with Gasteiger partial charge in [-0.25, -0.2) is 0 Å². The Balaban J connectivity index is 1.88. The van der Waals surface area contributed by atoms with Crippen LogP contribution in [-0.2, 0) is 9.59 Å². The lowest BCUT2D eigenvalue weighted by Crippen LogP contribution is -2.39. The number of carbonyl (C=O) groups is 2. The predicted octanol–water partition coefficient (Wildman–Crippen LogP) is 2.58. The fourth-order valence-corrected chi connectivity index (χ4v) is 4.05. The summed E-state index contributed by atoms with van der Waals surface area (Å²) >= 11 is 0. The molecule has 2 fully saturated rings. The molecule has 1 saturated carbocycles. The van der Waals surface area contributed by atoms with Crippen LogP contribution in [0.5, 0.6) is 0 Å². The van der Waals surface area contributed by atoms with E-state index in [1.807, 2.05) is 4.90 Å². The maximum Gasteiger partial charge on any atom is 0.225 e. The van der Waals surface area contributed by atoms with E-state index in [1.54, 1.807) is 0 Å². The Kier molecular flexibility index (Phi) is 8.57. The molecule has 0 radical (unpaired) electrons. The SMILES string of the molecule is NCCNC(=O)C1CC(=O)N(C2CCCCCCCCCCC2)C1. The van der Waals surface area contributed by atoms with Gasteiger partial charge in [-0.1, -0.05) is 57.8 Å². The summed E-state index contributed by atoms with van der Waals surface area (Å²) < 4.78 is 0. The Hall–Kier alpha value is -1.10. The monoisotopic (exact) mass is 337 g/mol. The van der Waals surface area contributed by atoms with E-state index in [1.165, 1.54) is 57.8 Å². The quantitative estimate of drug-likeness (QED) is 0.828. The van der Waals surface area contributed by atoms with Gasteiger partial charge in [0.1, 0.15) is 0 Å². The number of hydrogen-bond donors (Lipinski definition) is 2. The van der Waals surface area contributed by atoms with Gasteiger partial charge in [0.15, 0.2) is 0 Å². The van der Waals surface area contributed by atoms with E-state index in [0.717, 1.165) is 12.8 Å². The van der Waals surface area contributed by atoms with Gasteiger partial charge in [-0.2, -0.15) is 0 Å². The highest BCUT2D eigenvalue weighted by molar-refractivity contribution is 5.89. The van der Waals surface area contributed by atoms with Crippen molar-refractivity contribution in [3.63, 3.8) is 0 Å². The maximum atomic E-state index is 12.5. The fourth-order valence-electron chi connectivity index (χ4n) is 4.05. The molecule has 0 aromatic carbocycles. The van der Waals surface area contributed by atoms with E-state index in [4.69, 9.17) is 5.73 Å². The molecule has 0 aromatic rings. The smallest absolute Gasteiger partial charge is 0.225 e. The number of carbonyl (C=O) groups excluding carboxylic acids is 2. The standard InChI is InChI=1S/C19H35N3O2/c20-12-13-21-19(24)16-14-18(23)22(15-16)17-10-8-6-4-2-1-3-5-7-9-11-17/h16-17H,1-15,20H2,(H,21,24). The Labute approximate surface area is 146 Å². The molecular weight excluding hydrogens is 302 g/mol. The number of hydrogen-bond acceptors (Lipinski definition) is 3. The van der Waals surface area contributed by atoms with Gasteiger partial charge in [-0.15, -0.1) is 0 Å². The normalized spacial score (nSPS) is 25.1. The number of amides is 2. The molecule has 2 rings (SSSR count).